The number of aromatic nitrogens is 1. The highest BCUT2D eigenvalue weighted by atomic mass is 79.9. The average molecular weight is 370 g/mol. The summed E-state index contributed by atoms with van der Waals surface area (Å²) in [5.74, 6) is 0. The van der Waals surface area contributed by atoms with E-state index < -0.39 is 5.60 Å². The molecule has 5 nitrogen and oxygen atoms in total. The van der Waals surface area contributed by atoms with Crippen LogP contribution in [0.25, 0.3) is 0 Å². The Hall–Kier alpha value is -1.14. The number of hydrogen-bond donors (Lipinski definition) is 1. The van der Waals surface area contributed by atoms with Crippen LogP contribution in [0.15, 0.2) is 22.9 Å². The fourth-order valence-electron chi connectivity index (χ4n) is 2.50. The van der Waals surface area contributed by atoms with Crippen molar-refractivity contribution in [2.75, 3.05) is 13.1 Å². The second kappa shape index (κ2) is 7.42. The molecule has 1 N–H and O–H groups in total. The molecule has 0 aromatic carbocycles. The van der Waals surface area contributed by atoms with E-state index in [4.69, 9.17) is 4.74 Å². The van der Waals surface area contributed by atoms with Crippen molar-refractivity contribution in [3.05, 3.63) is 28.5 Å². The number of halogens is 1. The third-order valence-electron chi connectivity index (χ3n) is 3.50. The fraction of sp³-hybridized carbons (Fsp3) is 0.625. The minimum absolute atomic E-state index is 0.206. The second-order valence-corrected chi connectivity index (χ2v) is 7.40. The van der Waals surface area contributed by atoms with Crippen LogP contribution < -0.4 is 5.32 Å². The zero-order valence-corrected chi connectivity index (χ0v) is 15.0. The molecule has 0 spiro atoms. The lowest BCUT2D eigenvalue weighted by atomic mass is 10.2. The minimum atomic E-state index is -0.444. The van der Waals surface area contributed by atoms with Crippen LogP contribution in [0.1, 0.15) is 39.2 Å². The third-order valence-corrected chi connectivity index (χ3v) is 3.97. The molecular weight excluding hydrogens is 346 g/mol. The van der Waals surface area contributed by atoms with Gasteiger partial charge in [0.25, 0.3) is 0 Å². The van der Waals surface area contributed by atoms with Crippen molar-refractivity contribution in [1.82, 2.24) is 15.2 Å². The largest absolute Gasteiger partial charge is 0.444 e. The quantitative estimate of drug-likeness (QED) is 0.826. The number of nitrogens with zero attached hydrogens (tertiary/aromatic N) is 2. The summed E-state index contributed by atoms with van der Waals surface area (Å²) in [7, 11) is 0. The average Bonchev–Trinajstić information content (AvgIpc) is 2.88. The van der Waals surface area contributed by atoms with Gasteiger partial charge in [-0.3, -0.25) is 0 Å². The summed E-state index contributed by atoms with van der Waals surface area (Å²) in [6.07, 6.45) is 3.69. The number of likely N-dealkylation sites (tertiary alicyclic amines) is 1. The van der Waals surface area contributed by atoms with Crippen molar-refractivity contribution in [1.29, 1.82) is 0 Å². The summed E-state index contributed by atoms with van der Waals surface area (Å²) in [6, 6.07) is 4.17. The lowest BCUT2D eigenvalue weighted by Crippen LogP contribution is -2.44. The van der Waals surface area contributed by atoms with E-state index in [0.717, 1.165) is 42.6 Å². The number of nitrogens with one attached hydrogen (secondary N) is 1. The van der Waals surface area contributed by atoms with Gasteiger partial charge in [0.15, 0.2) is 0 Å². The van der Waals surface area contributed by atoms with Gasteiger partial charge in [-0.15, -0.1) is 0 Å². The standard InChI is InChI=1S/C16H24BrN3O2/c1-16(2,3)22-15(21)20-8-4-5-13(20)11-18-9-12-6-7-14(17)19-10-12/h6-7,10,13,18H,4-5,8-9,11H2,1-3H3/t13-/m1/s1. The van der Waals surface area contributed by atoms with Gasteiger partial charge in [0.05, 0.1) is 0 Å². The first kappa shape index (κ1) is 17.2. The van der Waals surface area contributed by atoms with Crippen molar-refractivity contribution in [3.63, 3.8) is 0 Å². The Morgan fingerprint density at radius 2 is 2.27 bits per heavy atom. The zero-order chi connectivity index (χ0) is 16.2. The van der Waals surface area contributed by atoms with Crippen LogP contribution in [0, 0.1) is 0 Å². The molecule has 2 heterocycles. The van der Waals surface area contributed by atoms with Crippen molar-refractivity contribution >= 4 is 22.0 Å². The molecular formula is C16H24BrN3O2. The number of ether oxygens (including phenoxy) is 1. The van der Waals surface area contributed by atoms with Gasteiger partial charge in [0, 0.05) is 31.9 Å². The van der Waals surface area contributed by atoms with Gasteiger partial charge in [-0.1, -0.05) is 6.07 Å². The Morgan fingerprint density at radius 1 is 1.50 bits per heavy atom. The molecule has 1 aromatic rings. The van der Waals surface area contributed by atoms with Crippen LogP contribution in [0.2, 0.25) is 0 Å². The van der Waals surface area contributed by atoms with E-state index in [9.17, 15) is 4.79 Å². The predicted molar refractivity (Wildman–Crippen MR) is 89.6 cm³/mol. The van der Waals surface area contributed by atoms with Crippen LogP contribution in [0.4, 0.5) is 4.79 Å². The maximum absolute atomic E-state index is 12.2. The normalized spacial score (nSPS) is 18.5. The molecule has 1 aromatic heterocycles. The first-order valence-electron chi connectivity index (χ1n) is 7.66. The Kier molecular flexibility index (Phi) is 5.81. The van der Waals surface area contributed by atoms with Crippen molar-refractivity contribution in [2.45, 2.75) is 51.8 Å². The lowest BCUT2D eigenvalue weighted by Gasteiger charge is -2.28. The van der Waals surface area contributed by atoms with Gasteiger partial charge in [-0.2, -0.15) is 0 Å². The summed E-state index contributed by atoms with van der Waals surface area (Å²) in [5, 5.41) is 3.41. The van der Waals surface area contributed by atoms with Gasteiger partial charge in [0.1, 0.15) is 10.2 Å². The number of amides is 1. The van der Waals surface area contributed by atoms with E-state index in [1.807, 2.05) is 44.0 Å². The summed E-state index contributed by atoms with van der Waals surface area (Å²) >= 11 is 3.33. The molecule has 0 aliphatic carbocycles. The van der Waals surface area contributed by atoms with Gasteiger partial charge in [-0.05, 0) is 61.2 Å². The van der Waals surface area contributed by atoms with Gasteiger partial charge < -0.3 is 15.0 Å². The van der Waals surface area contributed by atoms with Crippen molar-refractivity contribution in [2.24, 2.45) is 0 Å². The number of hydrogen-bond acceptors (Lipinski definition) is 4. The second-order valence-electron chi connectivity index (χ2n) is 6.59. The Balaban J connectivity index is 1.81. The maximum atomic E-state index is 12.2. The molecule has 0 unspecified atom stereocenters. The van der Waals surface area contributed by atoms with Crippen LogP contribution >= 0.6 is 15.9 Å². The lowest BCUT2D eigenvalue weighted by molar-refractivity contribution is 0.0226. The van der Waals surface area contributed by atoms with E-state index in [1.165, 1.54) is 0 Å². The van der Waals surface area contributed by atoms with Gasteiger partial charge in [-0.25, -0.2) is 9.78 Å². The van der Waals surface area contributed by atoms with Gasteiger partial charge >= 0.3 is 6.09 Å². The molecule has 1 saturated heterocycles. The highest BCUT2D eigenvalue weighted by Gasteiger charge is 2.31. The SMILES string of the molecule is CC(C)(C)OC(=O)N1CCC[C@@H]1CNCc1ccc(Br)nc1. The topological polar surface area (TPSA) is 54.5 Å². The summed E-state index contributed by atoms with van der Waals surface area (Å²) in [6.45, 7) is 7.99. The molecule has 6 heteroatoms. The fourth-order valence-corrected chi connectivity index (χ4v) is 2.74. The maximum Gasteiger partial charge on any atom is 0.410 e. The number of rotatable bonds is 4. The molecule has 0 bridgehead atoms. The number of carbonyl (C=O) groups is 1. The molecule has 1 atom stereocenters. The van der Waals surface area contributed by atoms with E-state index in [2.05, 4.69) is 26.2 Å². The Bertz CT molecular complexity index is 499. The van der Waals surface area contributed by atoms with Gasteiger partial charge in [0.2, 0.25) is 0 Å². The molecule has 0 radical (unpaired) electrons. The summed E-state index contributed by atoms with van der Waals surface area (Å²) in [5.41, 5.74) is 0.686. The van der Waals surface area contributed by atoms with E-state index in [-0.39, 0.29) is 12.1 Å². The zero-order valence-electron chi connectivity index (χ0n) is 13.4. The monoisotopic (exact) mass is 369 g/mol. The first-order valence-corrected chi connectivity index (χ1v) is 8.45. The van der Waals surface area contributed by atoms with E-state index in [1.54, 1.807) is 0 Å². The molecule has 1 fully saturated rings. The smallest absolute Gasteiger partial charge is 0.410 e. The Labute approximate surface area is 140 Å². The number of pyridine rings is 1. The molecule has 2 rings (SSSR count). The van der Waals surface area contributed by atoms with Crippen LogP contribution in [-0.4, -0.2) is 40.7 Å². The molecule has 0 saturated carbocycles. The highest BCUT2D eigenvalue weighted by molar-refractivity contribution is 9.10. The molecule has 1 amide bonds. The van der Waals surface area contributed by atoms with Crippen LogP contribution in [0.3, 0.4) is 0 Å². The van der Waals surface area contributed by atoms with E-state index >= 15 is 0 Å². The Morgan fingerprint density at radius 3 is 2.91 bits per heavy atom. The van der Waals surface area contributed by atoms with Crippen LogP contribution in [0.5, 0.6) is 0 Å². The minimum Gasteiger partial charge on any atom is -0.444 e. The van der Waals surface area contributed by atoms with E-state index in [0.29, 0.717) is 0 Å². The predicted octanol–water partition coefficient (Wildman–Crippen LogP) is 3.33. The number of carbonyl (C=O) groups excluding carboxylic acids is 1. The molecule has 1 aliphatic heterocycles. The van der Waals surface area contributed by atoms with Crippen molar-refractivity contribution < 1.29 is 9.53 Å². The van der Waals surface area contributed by atoms with Crippen molar-refractivity contribution in [3.8, 4) is 0 Å². The summed E-state index contributed by atoms with van der Waals surface area (Å²) in [4.78, 5) is 18.3. The molecule has 22 heavy (non-hydrogen) atoms. The molecule has 122 valence electrons. The first-order chi connectivity index (χ1) is 10.3. The molecule has 1 aliphatic rings. The van der Waals surface area contributed by atoms with Crippen LogP contribution in [-0.2, 0) is 11.3 Å². The highest BCUT2D eigenvalue weighted by Crippen LogP contribution is 2.20. The third kappa shape index (κ3) is 5.25. The summed E-state index contributed by atoms with van der Waals surface area (Å²) < 4.78 is 6.31.